The van der Waals surface area contributed by atoms with Gasteiger partial charge in [0.05, 0.1) is 0 Å². The van der Waals surface area contributed by atoms with Crippen LogP contribution in [0.15, 0.2) is 30.3 Å². The molecule has 1 aliphatic rings. The van der Waals surface area contributed by atoms with Gasteiger partial charge >= 0.3 is 5.97 Å². The fourth-order valence-electron chi connectivity index (χ4n) is 3.35. The van der Waals surface area contributed by atoms with Gasteiger partial charge in [-0.3, -0.25) is 4.79 Å². The molecule has 0 saturated heterocycles. The van der Waals surface area contributed by atoms with Crippen LogP contribution in [0.1, 0.15) is 53.0 Å². The molecule has 0 saturated carbocycles. The van der Waals surface area contributed by atoms with Gasteiger partial charge in [0.15, 0.2) is 0 Å². The van der Waals surface area contributed by atoms with Crippen molar-refractivity contribution < 1.29 is 9.53 Å². The highest BCUT2D eigenvalue weighted by molar-refractivity contribution is 6.30. The number of hydrogen-bond acceptors (Lipinski definition) is 2. The van der Waals surface area contributed by atoms with Gasteiger partial charge in [0.1, 0.15) is 11.5 Å². The Morgan fingerprint density at radius 3 is 2.39 bits per heavy atom. The molecule has 0 radical (unpaired) electrons. The maximum absolute atomic E-state index is 12.9. The van der Waals surface area contributed by atoms with Crippen molar-refractivity contribution in [3.05, 3.63) is 40.9 Å². The van der Waals surface area contributed by atoms with E-state index in [1.165, 1.54) is 0 Å². The molecule has 0 spiro atoms. The summed E-state index contributed by atoms with van der Waals surface area (Å²) in [7, 11) is 0. The Kier molecular flexibility index (Phi) is 5.57. The van der Waals surface area contributed by atoms with Gasteiger partial charge in [-0.15, -0.1) is 0 Å². The van der Waals surface area contributed by atoms with Crippen molar-refractivity contribution in [2.75, 3.05) is 0 Å². The van der Waals surface area contributed by atoms with Crippen molar-refractivity contribution in [2.45, 2.75) is 53.6 Å². The second kappa shape index (κ2) is 7.09. The first-order valence-electron chi connectivity index (χ1n) is 8.52. The highest BCUT2D eigenvalue weighted by Crippen LogP contribution is 2.55. The van der Waals surface area contributed by atoms with Gasteiger partial charge in [-0.2, -0.15) is 0 Å². The molecule has 1 aliphatic carbocycles. The van der Waals surface area contributed by atoms with Crippen LogP contribution in [0.4, 0.5) is 0 Å². The monoisotopic (exact) mass is 334 g/mol. The van der Waals surface area contributed by atoms with Crippen LogP contribution in [0.5, 0.6) is 0 Å². The Bertz CT molecular complexity index is 595. The van der Waals surface area contributed by atoms with Crippen LogP contribution in [-0.2, 0) is 9.53 Å². The highest BCUT2D eigenvalue weighted by Gasteiger charge is 2.52. The lowest BCUT2D eigenvalue weighted by Gasteiger charge is -2.28. The van der Waals surface area contributed by atoms with E-state index in [1.807, 2.05) is 30.3 Å². The summed E-state index contributed by atoms with van der Waals surface area (Å²) in [6.45, 7) is 10.5. The van der Waals surface area contributed by atoms with E-state index in [-0.39, 0.29) is 12.1 Å². The first kappa shape index (κ1) is 18.1. The molecule has 23 heavy (non-hydrogen) atoms. The van der Waals surface area contributed by atoms with Crippen molar-refractivity contribution in [2.24, 2.45) is 17.3 Å². The summed E-state index contributed by atoms with van der Waals surface area (Å²) in [4.78, 5) is 12.9. The topological polar surface area (TPSA) is 26.3 Å². The summed E-state index contributed by atoms with van der Waals surface area (Å²) in [5.41, 5.74) is 1.52. The number of rotatable bonds is 7. The second-order valence-electron chi connectivity index (χ2n) is 7.15. The van der Waals surface area contributed by atoms with E-state index < -0.39 is 5.41 Å². The Morgan fingerprint density at radius 2 is 1.87 bits per heavy atom. The van der Waals surface area contributed by atoms with E-state index in [0.29, 0.717) is 16.9 Å². The van der Waals surface area contributed by atoms with Crippen molar-refractivity contribution >= 4 is 23.1 Å². The molecule has 0 fully saturated rings. The molecule has 0 unspecified atom stereocenters. The molecular weight excluding hydrogens is 308 g/mol. The van der Waals surface area contributed by atoms with Gasteiger partial charge in [0, 0.05) is 5.02 Å². The van der Waals surface area contributed by atoms with Gasteiger partial charge < -0.3 is 4.74 Å². The number of halogens is 1. The van der Waals surface area contributed by atoms with Gasteiger partial charge in [0.25, 0.3) is 0 Å². The minimum Gasteiger partial charge on any atom is -0.461 e. The van der Waals surface area contributed by atoms with E-state index in [1.54, 1.807) is 0 Å². The number of esters is 1. The average molecular weight is 335 g/mol. The van der Waals surface area contributed by atoms with E-state index in [0.717, 1.165) is 24.0 Å². The number of hydrogen-bond donors (Lipinski definition) is 0. The summed E-state index contributed by atoms with van der Waals surface area (Å²) in [6, 6.07) is 7.69. The molecule has 0 heterocycles. The SMILES string of the molecule is CCC[C@@]1(C(=O)OC(C(C)C)C(C)C)C=C1c1cccc(Cl)c1. The van der Waals surface area contributed by atoms with Crippen molar-refractivity contribution in [1.82, 2.24) is 0 Å². The molecule has 0 amide bonds. The van der Waals surface area contributed by atoms with E-state index >= 15 is 0 Å². The van der Waals surface area contributed by atoms with Crippen molar-refractivity contribution in [3.8, 4) is 0 Å². The third kappa shape index (κ3) is 3.80. The van der Waals surface area contributed by atoms with Crippen LogP contribution < -0.4 is 0 Å². The largest absolute Gasteiger partial charge is 0.461 e. The first-order valence-corrected chi connectivity index (χ1v) is 8.90. The minimum absolute atomic E-state index is 0.0501. The number of ether oxygens (including phenoxy) is 1. The third-order valence-electron chi connectivity index (χ3n) is 4.49. The van der Waals surface area contributed by atoms with Crippen LogP contribution in [0.2, 0.25) is 5.02 Å². The second-order valence-corrected chi connectivity index (χ2v) is 7.58. The molecule has 2 rings (SSSR count). The van der Waals surface area contributed by atoms with Crippen molar-refractivity contribution in [3.63, 3.8) is 0 Å². The molecule has 2 nitrogen and oxygen atoms in total. The molecular formula is C20H27ClO2. The number of carbonyl (C=O) groups is 1. The van der Waals surface area contributed by atoms with Gasteiger partial charge in [-0.25, -0.2) is 0 Å². The molecule has 0 aromatic heterocycles. The molecule has 1 atom stereocenters. The Balaban J connectivity index is 2.19. The molecule has 0 N–H and O–H groups in total. The van der Waals surface area contributed by atoms with Crippen LogP contribution in [0, 0.1) is 17.3 Å². The molecule has 126 valence electrons. The van der Waals surface area contributed by atoms with E-state index in [9.17, 15) is 4.79 Å². The quantitative estimate of drug-likeness (QED) is 0.594. The first-order chi connectivity index (χ1) is 10.8. The molecule has 1 aromatic carbocycles. The van der Waals surface area contributed by atoms with Crippen molar-refractivity contribution in [1.29, 1.82) is 0 Å². The smallest absolute Gasteiger partial charge is 0.320 e. The molecule has 0 aliphatic heterocycles. The summed E-state index contributed by atoms with van der Waals surface area (Å²) < 4.78 is 5.91. The number of benzene rings is 1. The zero-order valence-corrected chi connectivity index (χ0v) is 15.5. The summed E-state index contributed by atoms with van der Waals surface area (Å²) in [5.74, 6) is 0.513. The maximum atomic E-state index is 12.9. The zero-order valence-electron chi connectivity index (χ0n) is 14.7. The predicted molar refractivity (Wildman–Crippen MR) is 96.3 cm³/mol. The van der Waals surface area contributed by atoms with E-state index in [4.69, 9.17) is 16.3 Å². The normalized spacial score (nSPS) is 20.1. The summed E-state index contributed by atoms with van der Waals surface area (Å²) >= 11 is 6.09. The van der Waals surface area contributed by atoms with Gasteiger partial charge in [0.2, 0.25) is 0 Å². The van der Waals surface area contributed by atoms with Gasteiger partial charge in [-0.05, 0) is 41.5 Å². The molecule has 0 bridgehead atoms. The van der Waals surface area contributed by atoms with Crippen LogP contribution >= 0.6 is 11.6 Å². The fourth-order valence-corrected chi connectivity index (χ4v) is 3.54. The standard InChI is InChI=1S/C20H27ClO2/c1-6-10-20(19(22)23-18(13(2)3)14(4)5)12-17(20)15-8-7-9-16(21)11-15/h7-9,11-14,18H,6,10H2,1-5H3/t20-/m1/s1. The Hall–Kier alpha value is -1.28. The van der Waals surface area contributed by atoms with Gasteiger partial charge in [-0.1, -0.05) is 70.8 Å². The van der Waals surface area contributed by atoms with Crippen LogP contribution in [0.3, 0.4) is 0 Å². The average Bonchev–Trinajstić information content (AvgIpc) is 3.20. The molecule has 1 aromatic rings. The zero-order chi connectivity index (χ0) is 17.2. The minimum atomic E-state index is -0.554. The Labute approximate surface area is 144 Å². The molecule has 3 heteroatoms. The summed E-state index contributed by atoms with van der Waals surface area (Å²) in [5, 5.41) is 0.691. The third-order valence-corrected chi connectivity index (χ3v) is 4.72. The van der Waals surface area contributed by atoms with E-state index in [2.05, 4.69) is 34.6 Å². The number of carbonyl (C=O) groups excluding carboxylic acids is 1. The predicted octanol–water partition coefficient (Wildman–Crippen LogP) is 5.75. The lowest BCUT2D eigenvalue weighted by Crippen LogP contribution is -2.33. The van der Waals surface area contributed by atoms with Crippen LogP contribution in [-0.4, -0.2) is 12.1 Å². The lowest BCUT2D eigenvalue weighted by atomic mass is 9.90. The fraction of sp³-hybridized carbons (Fsp3) is 0.550. The highest BCUT2D eigenvalue weighted by atomic mass is 35.5. The summed E-state index contributed by atoms with van der Waals surface area (Å²) in [6.07, 6.45) is 3.72. The van der Waals surface area contributed by atoms with Crippen LogP contribution in [0.25, 0.3) is 5.57 Å². The maximum Gasteiger partial charge on any atom is 0.320 e. The lowest BCUT2D eigenvalue weighted by molar-refractivity contribution is -0.159. The Morgan fingerprint density at radius 1 is 1.22 bits per heavy atom.